The number of benzene rings is 1. The van der Waals surface area contributed by atoms with Gasteiger partial charge >= 0.3 is 0 Å². The number of rotatable bonds is 11. The van der Waals surface area contributed by atoms with E-state index < -0.39 is 8.32 Å². The molecule has 0 saturated heterocycles. The second-order valence-corrected chi connectivity index (χ2v) is 14.8. The molecule has 1 rings (SSSR count). The van der Waals surface area contributed by atoms with Crippen molar-refractivity contribution in [3.05, 3.63) is 29.8 Å². The normalized spacial score (nSPS) is 16.9. The Morgan fingerprint density at radius 2 is 1.55 bits per heavy atom. The molecule has 29 heavy (non-hydrogen) atoms. The number of ether oxygens (including phenoxy) is 2. The van der Waals surface area contributed by atoms with E-state index in [1.807, 2.05) is 31.2 Å². The highest BCUT2D eigenvalue weighted by molar-refractivity contribution is 6.74. The maximum Gasteiger partial charge on any atom is 0.192 e. The molecule has 0 aliphatic rings. The molecule has 1 aromatic carbocycles. The quantitative estimate of drug-likeness (QED) is 0.319. The lowest BCUT2D eigenvalue weighted by atomic mass is 9.85. The summed E-state index contributed by atoms with van der Waals surface area (Å²) < 4.78 is 18.3. The van der Waals surface area contributed by atoms with Crippen LogP contribution in [0.5, 0.6) is 5.75 Å². The van der Waals surface area contributed by atoms with Crippen molar-refractivity contribution < 1.29 is 18.7 Å². The first-order valence-corrected chi connectivity index (χ1v) is 13.6. The molecule has 0 amide bonds. The van der Waals surface area contributed by atoms with Crippen LogP contribution >= 0.6 is 0 Å². The van der Waals surface area contributed by atoms with E-state index in [0.29, 0.717) is 12.5 Å². The first-order chi connectivity index (χ1) is 13.3. The fourth-order valence-electron chi connectivity index (χ4n) is 3.33. The minimum absolute atomic E-state index is 0.0409. The second-order valence-electron chi connectivity index (χ2n) is 10.1. The SMILES string of the molecule is COc1ccc(CO[C@@H]([C@@H](C)[C@@H](O[Si](C)(C)C(C)(C)C)C(C)C)[C@H](C)C=O)cc1. The Kier molecular flexibility index (Phi) is 9.57. The van der Waals surface area contributed by atoms with Crippen LogP contribution in [0.1, 0.15) is 54.0 Å². The van der Waals surface area contributed by atoms with E-state index in [4.69, 9.17) is 13.9 Å². The molecule has 0 aliphatic heterocycles. The minimum Gasteiger partial charge on any atom is -0.497 e. The second kappa shape index (κ2) is 10.7. The van der Waals surface area contributed by atoms with Crippen LogP contribution in [-0.2, 0) is 20.6 Å². The van der Waals surface area contributed by atoms with Gasteiger partial charge in [0.2, 0.25) is 0 Å². The molecule has 0 saturated carbocycles. The molecule has 5 heteroatoms. The average molecular weight is 423 g/mol. The zero-order valence-electron chi connectivity index (χ0n) is 20.1. The van der Waals surface area contributed by atoms with E-state index in [1.165, 1.54) is 0 Å². The first-order valence-electron chi connectivity index (χ1n) is 10.7. The predicted octanol–water partition coefficient (Wildman–Crippen LogP) is 6.10. The number of hydrogen-bond donors (Lipinski definition) is 0. The molecule has 0 unspecified atom stereocenters. The third-order valence-corrected chi connectivity index (χ3v) is 10.7. The van der Waals surface area contributed by atoms with Gasteiger partial charge in [-0.25, -0.2) is 0 Å². The van der Waals surface area contributed by atoms with Crippen LogP contribution < -0.4 is 4.74 Å². The van der Waals surface area contributed by atoms with Crippen LogP contribution in [0.4, 0.5) is 0 Å². The molecule has 0 fully saturated rings. The van der Waals surface area contributed by atoms with Gasteiger partial charge in [-0.15, -0.1) is 0 Å². The fraction of sp³-hybridized carbons (Fsp3) is 0.708. The monoisotopic (exact) mass is 422 g/mol. The number of carbonyl (C=O) groups is 1. The summed E-state index contributed by atoms with van der Waals surface area (Å²) in [6, 6.07) is 7.85. The van der Waals surface area contributed by atoms with Gasteiger partial charge in [0.1, 0.15) is 12.0 Å². The molecule has 4 nitrogen and oxygen atoms in total. The Morgan fingerprint density at radius 3 is 1.97 bits per heavy atom. The lowest BCUT2D eigenvalue weighted by Gasteiger charge is -2.44. The molecule has 0 heterocycles. The van der Waals surface area contributed by atoms with E-state index in [2.05, 4.69) is 54.6 Å². The molecule has 4 atom stereocenters. The van der Waals surface area contributed by atoms with Crippen molar-refractivity contribution in [1.82, 2.24) is 0 Å². The molecule has 0 aliphatic carbocycles. The van der Waals surface area contributed by atoms with E-state index in [0.717, 1.165) is 17.6 Å². The molecule has 0 aromatic heterocycles. The third kappa shape index (κ3) is 7.23. The van der Waals surface area contributed by atoms with Gasteiger partial charge in [0.25, 0.3) is 0 Å². The molecule has 0 N–H and O–H groups in total. The predicted molar refractivity (Wildman–Crippen MR) is 123 cm³/mol. The molecule has 0 radical (unpaired) electrons. The number of methoxy groups -OCH3 is 1. The topological polar surface area (TPSA) is 44.8 Å². The largest absolute Gasteiger partial charge is 0.497 e. The first kappa shape index (κ1) is 25.9. The Labute approximate surface area is 179 Å². The maximum atomic E-state index is 11.7. The van der Waals surface area contributed by atoms with Crippen molar-refractivity contribution >= 4 is 14.6 Å². The Morgan fingerprint density at radius 1 is 1.00 bits per heavy atom. The molecular formula is C24H42O4Si. The van der Waals surface area contributed by atoms with Crippen LogP contribution in [0, 0.1) is 17.8 Å². The molecule has 0 bridgehead atoms. The van der Waals surface area contributed by atoms with Crippen LogP contribution in [0.2, 0.25) is 18.1 Å². The smallest absolute Gasteiger partial charge is 0.192 e. The zero-order valence-corrected chi connectivity index (χ0v) is 21.1. The van der Waals surface area contributed by atoms with Crippen LogP contribution in [0.3, 0.4) is 0 Å². The van der Waals surface area contributed by atoms with Crippen LogP contribution in [0.15, 0.2) is 24.3 Å². The van der Waals surface area contributed by atoms with Crippen molar-refractivity contribution in [3.63, 3.8) is 0 Å². The number of carbonyl (C=O) groups excluding carboxylic acids is 1. The van der Waals surface area contributed by atoms with Gasteiger partial charge < -0.3 is 18.7 Å². The van der Waals surface area contributed by atoms with E-state index in [9.17, 15) is 4.79 Å². The Balaban J connectivity index is 3.01. The summed E-state index contributed by atoms with van der Waals surface area (Å²) in [5.41, 5.74) is 1.06. The summed E-state index contributed by atoms with van der Waals surface area (Å²) in [6.45, 7) is 20.3. The van der Waals surface area contributed by atoms with Gasteiger partial charge in [0.15, 0.2) is 8.32 Å². The number of hydrogen-bond acceptors (Lipinski definition) is 4. The van der Waals surface area contributed by atoms with Gasteiger partial charge in [-0.05, 0) is 41.7 Å². The van der Waals surface area contributed by atoms with E-state index in [-0.39, 0.29) is 29.1 Å². The summed E-state index contributed by atoms with van der Waals surface area (Å²) in [7, 11) is -0.283. The van der Waals surface area contributed by atoms with Crippen molar-refractivity contribution in [2.24, 2.45) is 17.8 Å². The van der Waals surface area contributed by atoms with Gasteiger partial charge in [0, 0.05) is 11.8 Å². The summed E-state index contributed by atoms with van der Waals surface area (Å²) in [4.78, 5) is 11.7. The fourth-order valence-corrected chi connectivity index (χ4v) is 4.85. The molecule has 1 aromatic rings. The lowest BCUT2D eigenvalue weighted by Crippen LogP contribution is -2.50. The molecule has 166 valence electrons. The average Bonchev–Trinajstić information content (AvgIpc) is 2.65. The standard InChI is InChI=1S/C24H42O4Si/c1-17(2)22(28-29(9,10)24(5,6)7)19(4)23(18(3)15-25)27-16-20-11-13-21(26-8)14-12-20/h11-15,17-19,22-23H,16H2,1-10H3/t18-,19+,22+,23-/m1/s1. The molecule has 0 spiro atoms. The van der Waals surface area contributed by atoms with Gasteiger partial charge in [0.05, 0.1) is 25.9 Å². The maximum absolute atomic E-state index is 11.7. The highest BCUT2D eigenvalue weighted by atomic mass is 28.4. The molecular weight excluding hydrogens is 380 g/mol. The third-order valence-electron chi connectivity index (χ3n) is 6.26. The number of aldehydes is 1. The Bertz CT molecular complexity index is 619. The highest BCUT2D eigenvalue weighted by Gasteiger charge is 2.42. The van der Waals surface area contributed by atoms with Gasteiger partial charge in [-0.3, -0.25) is 0 Å². The van der Waals surface area contributed by atoms with E-state index >= 15 is 0 Å². The zero-order chi connectivity index (χ0) is 22.4. The highest BCUT2D eigenvalue weighted by Crippen LogP contribution is 2.40. The summed E-state index contributed by atoms with van der Waals surface area (Å²) in [5, 5.41) is 0.135. The lowest BCUT2D eigenvalue weighted by molar-refractivity contribution is -0.121. The van der Waals surface area contributed by atoms with Crippen molar-refractivity contribution in [2.45, 2.75) is 85.4 Å². The van der Waals surface area contributed by atoms with Gasteiger partial charge in [-0.1, -0.05) is 60.6 Å². The minimum atomic E-state index is -1.94. The summed E-state index contributed by atoms with van der Waals surface area (Å²) >= 11 is 0. The van der Waals surface area contributed by atoms with Crippen molar-refractivity contribution in [1.29, 1.82) is 0 Å². The van der Waals surface area contributed by atoms with E-state index in [1.54, 1.807) is 7.11 Å². The van der Waals surface area contributed by atoms with Crippen LogP contribution in [-0.4, -0.2) is 33.9 Å². The Hall–Kier alpha value is -1.17. The summed E-state index contributed by atoms with van der Waals surface area (Å²) in [5.74, 6) is 1.06. The van der Waals surface area contributed by atoms with Gasteiger partial charge in [-0.2, -0.15) is 0 Å². The van der Waals surface area contributed by atoms with Crippen molar-refractivity contribution in [2.75, 3.05) is 7.11 Å². The van der Waals surface area contributed by atoms with Crippen LogP contribution in [0.25, 0.3) is 0 Å². The summed E-state index contributed by atoms with van der Waals surface area (Å²) in [6.07, 6.45) is 0.838. The van der Waals surface area contributed by atoms with Crippen molar-refractivity contribution in [3.8, 4) is 5.75 Å².